The van der Waals surface area contributed by atoms with Crippen molar-refractivity contribution >= 4 is 23.3 Å². The summed E-state index contributed by atoms with van der Waals surface area (Å²) in [5.74, 6) is -1.00. The summed E-state index contributed by atoms with van der Waals surface area (Å²) in [6, 6.07) is 24.4. The van der Waals surface area contributed by atoms with Crippen LogP contribution in [0.15, 0.2) is 84.9 Å². The second-order valence-corrected chi connectivity index (χ2v) is 7.41. The Bertz CT molecular complexity index is 1050. The number of hydrogen-bond acceptors (Lipinski definition) is 5. The lowest BCUT2D eigenvalue weighted by molar-refractivity contribution is -0.127. The van der Waals surface area contributed by atoms with Gasteiger partial charge in [-0.1, -0.05) is 72.8 Å². The highest BCUT2D eigenvalue weighted by Crippen LogP contribution is 2.21. The van der Waals surface area contributed by atoms with Gasteiger partial charge in [0, 0.05) is 11.3 Å². The van der Waals surface area contributed by atoms with Crippen LogP contribution in [-0.2, 0) is 9.59 Å². The Hall–Kier alpha value is -4.17. The van der Waals surface area contributed by atoms with Crippen LogP contribution in [0.4, 0.5) is 5.69 Å². The lowest BCUT2D eigenvalue weighted by Gasteiger charge is -2.21. The van der Waals surface area contributed by atoms with Crippen LogP contribution in [0, 0.1) is 5.41 Å². The molecule has 0 heterocycles. The maximum absolute atomic E-state index is 12.6. The van der Waals surface area contributed by atoms with Crippen LogP contribution >= 0.6 is 0 Å². The third-order valence-electron chi connectivity index (χ3n) is 5.01. The molecule has 8 heteroatoms. The van der Waals surface area contributed by atoms with E-state index < -0.39 is 18.6 Å². The van der Waals surface area contributed by atoms with E-state index in [2.05, 4.69) is 16.0 Å². The van der Waals surface area contributed by atoms with E-state index in [1.165, 1.54) is 0 Å². The minimum absolute atomic E-state index is 0.105. The molecule has 0 radical (unpaired) electrons. The molecule has 3 aromatic carbocycles. The normalized spacial score (nSPS) is 11.5. The molecule has 2 amide bonds. The number of hydrogen-bond donors (Lipinski definition) is 6. The molecule has 8 nitrogen and oxygen atoms in total. The minimum Gasteiger partial charge on any atom is -0.394 e. The van der Waals surface area contributed by atoms with Gasteiger partial charge in [-0.25, -0.2) is 0 Å². The zero-order valence-electron chi connectivity index (χ0n) is 18.0. The number of amidine groups is 1. The van der Waals surface area contributed by atoms with Crippen molar-refractivity contribution in [2.45, 2.75) is 12.1 Å². The van der Waals surface area contributed by atoms with Gasteiger partial charge in [0.25, 0.3) is 0 Å². The predicted molar refractivity (Wildman–Crippen MR) is 128 cm³/mol. The van der Waals surface area contributed by atoms with Crippen molar-refractivity contribution in [2.24, 2.45) is 5.73 Å². The second kappa shape index (κ2) is 11.4. The molecule has 0 saturated heterocycles. The van der Waals surface area contributed by atoms with Crippen molar-refractivity contribution in [3.8, 4) is 0 Å². The molecule has 170 valence electrons. The largest absolute Gasteiger partial charge is 0.394 e. The number of carbonyl (C=O) groups is 2. The summed E-state index contributed by atoms with van der Waals surface area (Å²) >= 11 is 0. The number of rotatable bonds is 10. The first-order chi connectivity index (χ1) is 16.0. The Morgan fingerprint density at radius 3 is 2.06 bits per heavy atom. The fourth-order valence-electron chi connectivity index (χ4n) is 3.32. The Balaban J connectivity index is 1.61. The Kier molecular flexibility index (Phi) is 8.15. The van der Waals surface area contributed by atoms with Gasteiger partial charge in [0.1, 0.15) is 11.9 Å². The molecule has 3 aromatic rings. The molecule has 0 aliphatic rings. The van der Waals surface area contributed by atoms with Crippen molar-refractivity contribution in [1.82, 2.24) is 10.6 Å². The van der Waals surface area contributed by atoms with Crippen LogP contribution in [0.3, 0.4) is 0 Å². The highest BCUT2D eigenvalue weighted by Gasteiger charge is 2.20. The SMILES string of the molecule is N=C(N)c1cccc(NC(CO)C(=O)NCC(=O)NC(c2ccccc2)c2ccccc2)c1. The van der Waals surface area contributed by atoms with Crippen LogP contribution in [0.2, 0.25) is 0 Å². The van der Waals surface area contributed by atoms with Crippen molar-refractivity contribution in [2.75, 3.05) is 18.5 Å². The van der Waals surface area contributed by atoms with E-state index in [1.54, 1.807) is 24.3 Å². The molecule has 33 heavy (non-hydrogen) atoms. The molecule has 0 aliphatic carbocycles. The number of carbonyl (C=O) groups excluding carboxylic acids is 2. The number of aliphatic hydroxyl groups excluding tert-OH is 1. The fourth-order valence-corrected chi connectivity index (χ4v) is 3.32. The molecule has 3 rings (SSSR count). The summed E-state index contributed by atoms with van der Waals surface area (Å²) in [4.78, 5) is 25.2. The van der Waals surface area contributed by atoms with Gasteiger partial charge in [-0.15, -0.1) is 0 Å². The van der Waals surface area contributed by atoms with E-state index >= 15 is 0 Å². The van der Waals surface area contributed by atoms with Crippen molar-refractivity contribution in [3.63, 3.8) is 0 Å². The maximum atomic E-state index is 12.6. The topological polar surface area (TPSA) is 140 Å². The molecular weight excluding hydrogens is 418 g/mol. The molecule has 1 unspecified atom stereocenters. The number of anilines is 1. The van der Waals surface area contributed by atoms with Gasteiger partial charge < -0.3 is 26.8 Å². The summed E-state index contributed by atoms with van der Waals surface area (Å²) in [6.45, 7) is -0.727. The molecule has 0 saturated carbocycles. The second-order valence-electron chi connectivity index (χ2n) is 7.41. The summed E-state index contributed by atoms with van der Waals surface area (Å²) in [5, 5.41) is 25.6. The van der Waals surface area contributed by atoms with E-state index in [0.717, 1.165) is 11.1 Å². The first-order valence-electron chi connectivity index (χ1n) is 10.5. The van der Waals surface area contributed by atoms with Gasteiger partial charge in [-0.3, -0.25) is 15.0 Å². The Morgan fingerprint density at radius 1 is 0.909 bits per heavy atom. The number of nitrogens with two attached hydrogens (primary N) is 1. The average molecular weight is 446 g/mol. The van der Waals surface area contributed by atoms with Gasteiger partial charge in [-0.05, 0) is 23.3 Å². The van der Waals surface area contributed by atoms with Gasteiger partial charge in [0.15, 0.2) is 0 Å². The number of nitrogen functional groups attached to an aromatic ring is 1. The lowest BCUT2D eigenvalue weighted by atomic mass is 9.99. The molecule has 0 aromatic heterocycles. The zero-order valence-corrected chi connectivity index (χ0v) is 18.0. The van der Waals surface area contributed by atoms with Gasteiger partial charge >= 0.3 is 0 Å². The molecule has 0 fully saturated rings. The van der Waals surface area contributed by atoms with E-state index in [9.17, 15) is 14.7 Å². The zero-order chi connectivity index (χ0) is 23.6. The number of benzene rings is 3. The van der Waals surface area contributed by atoms with Crippen LogP contribution in [-0.4, -0.2) is 41.9 Å². The highest BCUT2D eigenvalue weighted by molar-refractivity contribution is 5.96. The van der Waals surface area contributed by atoms with Crippen molar-refractivity contribution in [3.05, 3.63) is 102 Å². The van der Waals surface area contributed by atoms with Crippen molar-refractivity contribution in [1.29, 1.82) is 5.41 Å². The van der Waals surface area contributed by atoms with Gasteiger partial charge in [0.2, 0.25) is 11.8 Å². The van der Waals surface area contributed by atoms with Crippen LogP contribution in [0.25, 0.3) is 0 Å². The predicted octanol–water partition coefficient (Wildman–Crippen LogP) is 1.77. The molecule has 0 spiro atoms. The molecular formula is C25H27N5O3. The standard InChI is InChI=1S/C25H27N5O3/c26-24(27)19-12-7-13-20(14-19)29-21(16-31)25(33)28-15-22(32)30-23(17-8-3-1-4-9-17)18-10-5-2-6-11-18/h1-14,21,23,29,31H,15-16H2,(H3,26,27)(H,28,33)(H,30,32). The first kappa shape index (κ1) is 23.5. The smallest absolute Gasteiger partial charge is 0.245 e. The molecule has 7 N–H and O–H groups in total. The molecule has 1 atom stereocenters. The summed E-state index contributed by atoms with van der Waals surface area (Å²) in [6.07, 6.45) is 0. The average Bonchev–Trinajstić information content (AvgIpc) is 2.85. The third-order valence-corrected chi connectivity index (χ3v) is 5.01. The molecule has 0 bridgehead atoms. The summed E-state index contributed by atoms with van der Waals surface area (Å²) in [7, 11) is 0. The van der Waals surface area contributed by atoms with E-state index in [1.807, 2.05) is 60.7 Å². The van der Waals surface area contributed by atoms with Gasteiger partial charge in [0.05, 0.1) is 19.2 Å². The van der Waals surface area contributed by atoms with E-state index in [0.29, 0.717) is 11.3 Å². The highest BCUT2D eigenvalue weighted by atomic mass is 16.3. The van der Waals surface area contributed by atoms with Crippen LogP contribution in [0.5, 0.6) is 0 Å². The number of aliphatic hydroxyl groups is 1. The fraction of sp³-hybridized carbons (Fsp3) is 0.160. The Morgan fingerprint density at radius 2 is 1.52 bits per heavy atom. The Labute approximate surface area is 192 Å². The monoisotopic (exact) mass is 445 g/mol. The number of amides is 2. The summed E-state index contributed by atoms with van der Waals surface area (Å²) < 4.78 is 0. The molecule has 0 aliphatic heterocycles. The summed E-state index contributed by atoms with van der Waals surface area (Å²) in [5.41, 5.74) is 8.35. The van der Waals surface area contributed by atoms with E-state index in [-0.39, 0.29) is 24.3 Å². The van der Waals surface area contributed by atoms with Crippen molar-refractivity contribution < 1.29 is 14.7 Å². The van der Waals surface area contributed by atoms with Gasteiger partial charge in [-0.2, -0.15) is 0 Å². The van der Waals surface area contributed by atoms with Crippen LogP contribution < -0.4 is 21.7 Å². The lowest BCUT2D eigenvalue weighted by Crippen LogP contribution is -2.46. The third kappa shape index (κ3) is 6.65. The minimum atomic E-state index is -0.973. The van der Waals surface area contributed by atoms with Crippen LogP contribution in [0.1, 0.15) is 22.7 Å². The maximum Gasteiger partial charge on any atom is 0.245 e. The first-order valence-corrected chi connectivity index (χ1v) is 10.5. The quantitative estimate of drug-likeness (QED) is 0.208. The number of nitrogens with one attached hydrogen (secondary N) is 4. The van der Waals surface area contributed by atoms with E-state index in [4.69, 9.17) is 11.1 Å².